The summed E-state index contributed by atoms with van der Waals surface area (Å²) in [5.41, 5.74) is -1.34. The highest BCUT2D eigenvalue weighted by Gasteiger charge is 2.44. The summed E-state index contributed by atoms with van der Waals surface area (Å²) in [4.78, 5) is 11.2. The van der Waals surface area contributed by atoms with E-state index in [2.05, 4.69) is 10.3 Å². The molecule has 0 aliphatic carbocycles. The van der Waals surface area contributed by atoms with Crippen LogP contribution >= 0.6 is 0 Å². The molecular weight excluding hydrogens is 186 g/mol. The Labute approximate surface area is 80.5 Å². The molecule has 1 unspecified atom stereocenters. The molecule has 0 amide bonds. The quantitative estimate of drug-likeness (QED) is 0.733. The summed E-state index contributed by atoms with van der Waals surface area (Å²) >= 11 is 0. The molecule has 0 saturated carbocycles. The van der Waals surface area contributed by atoms with E-state index in [0.717, 1.165) is 12.8 Å². The van der Waals surface area contributed by atoms with Gasteiger partial charge in [0.25, 0.3) is 5.72 Å². The Balaban J connectivity index is 2.35. The van der Waals surface area contributed by atoms with Crippen molar-refractivity contribution in [2.45, 2.75) is 25.0 Å². The summed E-state index contributed by atoms with van der Waals surface area (Å²) in [6, 6.07) is 0. The van der Waals surface area contributed by atoms with E-state index < -0.39 is 11.7 Å². The summed E-state index contributed by atoms with van der Waals surface area (Å²) in [5, 5.41) is 16.4. The molecule has 1 N–H and O–H groups in total. The average Bonchev–Trinajstić information content (AvgIpc) is 2.72. The van der Waals surface area contributed by atoms with Crippen LogP contribution < -0.4 is 0 Å². The number of aromatic nitrogens is 3. The molecule has 1 atom stereocenters. The van der Waals surface area contributed by atoms with Gasteiger partial charge in [0.05, 0.1) is 12.8 Å². The minimum Gasteiger partial charge on any atom is -0.478 e. The molecule has 1 aliphatic heterocycles. The lowest BCUT2D eigenvalue weighted by atomic mass is 10.0. The van der Waals surface area contributed by atoms with Gasteiger partial charge in [0.15, 0.2) is 0 Å². The second-order valence-corrected chi connectivity index (χ2v) is 3.24. The maximum Gasteiger partial charge on any atom is 0.359 e. The third-order valence-electron chi connectivity index (χ3n) is 2.38. The van der Waals surface area contributed by atoms with Crippen LogP contribution in [0.1, 0.15) is 19.3 Å². The molecule has 14 heavy (non-hydrogen) atoms. The van der Waals surface area contributed by atoms with Crippen molar-refractivity contribution >= 4 is 5.97 Å². The predicted octanol–water partition coefficient (Wildman–Crippen LogP) is 0.216. The van der Waals surface area contributed by atoms with Crippen LogP contribution in [0.4, 0.5) is 0 Å². The van der Waals surface area contributed by atoms with Crippen molar-refractivity contribution in [1.29, 1.82) is 0 Å². The van der Waals surface area contributed by atoms with Gasteiger partial charge in [0.1, 0.15) is 0 Å². The predicted molar refractivity (Wildman–Crippen MR) is 45.4 cm³/mol. The minimum absolute atomic E-state index is 0.436. The van der Waals surface area contributed by atoms with Crippen LogP contribution in [0.15, 0.2) is 12.4 Å². The molecule has 2 rings (SSSR count). The van der Waals surface area contributed by atoms with E-state index in [1.807, 2.05) is 0 Å². The van der Waals surface area contributed by atoms with Gasteiger partial charge in [0.2, 0.25) is 0 Å². The first kappa shape index (κ1) is 9.14. The van der Waals surface area contributed by atoms with E-state index in [-0.39, 0.29) is 0 Å². The number of nitrogens with zero attached hydrogens (tertiary/aromatic N) is 3. The number of hydrogen-bond donors (Lipinski definition) is 1. The third-order valence-corrected chi connectivity index (χ3v) is 2.38. The highest BCUT2D eigenvalue weighted by atomic mass is 16.5. The molecule has 2 heterocycles. The molecule has 0 bridgehead atoms. The number of hydrogen-bond acceptors (Lipinski definition) is 4. The number of aliphatic carboxylic acids is 1. The Morgan fingerprint density at radius 1 is 1.57 bits per heavy atom. The standard InChI is InChI=1S/C8H11N3O3/c12-7(13)8(3-1-2-6-14-8)11-5-4-9-10-11/h4-5H,1-3,6H2,(H,12,13). The smallest absolute Gasteiger partial charge is 0.359 e. The van der Waals surface area contributed by atoms with Crippen LogP contribution in [0.25, 0.3) is 0 Å². The van der Waals surface area contributed by atoms with Gasteiger partial charge in [-0.2, -0.15) is 0 Å². The summed E-state index contributed by atoms with van der Waals surface area (Å²) in [7, 11) is 0. The van der Waals surface area contributed by atoms with E-state index in [1.165, 1.54) is 17.1 Å². The number of carbonyl (C=O) groups is 1. The zero-order valence-electron chi connectivity index (χ0n) is 7.59. The number of rotatable bonds is 2. The van der Waals surface area contributed by atoms with Crippen molar-refractivity contribution in [1.82, 2.24) is 15.0 Å². The van der Waals surface area contributed by atoms with E-state index in [4.69, 9.17) is 9.84 Å². The molecule has 0 aromatic carbocycles. The Morgan fingerprint density at radius 3 is 2.93 bits per heavy atom. The zero-order valence-corrected chi connectivity index (χ0v) is 7.59. The monoisotopic (exact) mass is 197 g/mol. The fourth-order valence-corrected chi connectivity index (χ4v) is 1.63. The van der Waals surface area contributed by atoms with Gasteiger partial charge < -0.3 is 9.84 Å². The first-order valence-corrected chi connectivity index (χ1v) is 4.50. The first-order valence-electron chi connectivity index (χ1n) is 4.50. The third kappa shape index (κ3) is 1.27. The van der Waals surface area contributed by atoms with Crippen molar-refractivity contribution in [2.24, 2.45) is 0 Å². The summed E-state index contributed by atoms with van der Waals surface area (Å²) in [6.45, 7) is 0.451. The van der Waals surface area contributed by atoms with Crippen molar-refractivity contribution < 1.29 is 14.6 Å². The summed E-state index contributed by atoms with van der Waals surface area (Å²) in [6.07, 6.45) is 5.11. The maximum atomic E-state index is 11.2. The molecule has 1 saturated heterocycles. The Morgan fingerprint density at radius 2 is 2.43 bits per heavy atom. The molecule has 1 fully saturated rings. The van der Waals surface area contributed by atoms with Crippen molar-refractivity contribution in [3.8, 4) is 0 Å². The Bertz CT molecular complexity index is 317. The minimum atomic E-state index is -1.34. The fraction of sp³-hybridized carbons (Fsp3) is 0.625. The van der Waals surface area contributed by atoms with Crippen LogP contribution in [0.2, 0.25) is 0 Å². The van der Waals surface area contributed by atoms with Crippen LogP contribution in [0, 0.1) is 0 Å². The average molecular weight is 197 g/mol. The summed E-state index contributed by atoms with van der Waals surface area (Å²) in [5.74, 6) is -1.01. The highest BCUT2D eigenvalue weighted by molar-refractivity contribution is 5.74. The van der Waals surface area contributed by atoms with Crippen molar-refractivity contribution in [2.75, 3.05) is 6.61 Å². The van der Waals surface area contributed by atoms with Crippen molar-refractivity contribution in [3.05, 3.63) is 12.4 Å². The second kappa shape index (κ2) is 3.38. The number of ether oxygens (including phenoxy) is 1. The van der Waals surface area contributed by atoms with E-state index in [1.54, 1.807) is 0 Å². The van der Waals surface area contributed by atoms with Gasteiger partial charge in [-0.05, 0) is 12.8 Å². The Kier molecular flexibility index (Phi) is 2.20. The van der Waals surface area contributed by atoms with Gasteiger partial charge in [-0.3, -0.25) is 0 Å². The normalized spacial score (nSPS) is 27.4. The zero-order chi connectivity index (χ0) is 10.0. The molecule has 6 heteroatoms. The van der Waals surface area contributed by atoms with Crippen LogP contribution in [0.5, 0.6) is 0 Å². The van der Waals surface area contributed by atoms with E-state index in [0.29, 0.717) is 13.0 Å². The maximum absolute atomic E-state index is 11.2. The lowest BCUT2D eigenvalue weighted by molar-refractivity contribution is -0.195. The van der Waals surface area contributed by atoms with E-state index in [9.17, 15) is 4.79 Å². The highest BCUT2D eigenvalue weighted by Crippen LogP contribution is 2.29. The molecule has 1 aromatic rings. The summed E-state index contributed by atoms with van der Waals surface area (Å²) < 4.78 is 6.60. The lowest BCUT2D eigenvalue weighted by Crippen LogP contribution is -2.47. The van der Waals surface area contributed by atoms with Gasteiger partial charge in [0, 0.05) is 12.6 Å². The molecule has 76 valence electrons. The van der Waals surface area contributed by atoms with Crippen LogP contribution in [0.3, 0.4) is 0 Å². The largest absolute Gasteiger partial charge is 0.478 e. The molecule has 1 aliphatic rings. The van der Waals surface area contributed by atoms with E-state index >= 15 is 0 Å². The first-order chi connectivity index (χ1) is 6.76. The van der Waals surface area contributed by atoms with Gasteiger partial charge in [-0.1, -0.05) is 5.21 Å². The fourth-order valence-electron chi connectivity index (χ4n) is 1.63. The number of carboxylic acid groups (broad SMARTS) is 1. The number of carboxylic acids is 1. The molecule has 0 spiro atoms. The van der Waals surface area contributed by atoms with Crippen molar-refractivity contribution in [3.63, 3.8) is 0 Å². The topological polar surface area (TPSA) is 77.2 Å². The lowest BCUT2D eigenvalue weighted by Gasteiger charge is -2.32. The second-order valence-electron chi connectivity index (χ2n) is 3.24. The van der Waals surface area contributed by atoms with Gasteiger partial charge >= 0.3 is 5.97 Å². The van der Waals surface area contributed by atoms with Gasteiger partial charge in [-0.15, -0.1) is 5.10 Å². The molecule has 1 aromatic heterocycles. The van der Waals surface area contributed by atoms with Crippen LogP contribution in [-0.2, 0) is 15.3 Å². The molecule has 0 radical (unpaired) electrons. The van der Waals surface area contributed by atoms with Gasteiger partial charge in [-0.25, -0.2) is 9.48 Å². The molecule has 6 nitrogen and oxygen atoms in total. The van der Waals surface area contributed by atoms with Crippen LogP contribution in [-0.4, -0.2) is 32.7 Å². The molecular formula is C8H11N3O3. The SMILES string of the molecule is O=C(O)C1(n2ccnn2)CCCCO1. The Hall–Kier alpha value is -1.43.